The highest BCUT2D eigenvalue weighted by molar-refractivity contribution is 7.86. The maximum Gasteiger partial charge on any atom is 0.338 e. The number of hydrogen-bond acceptors (Lipinski definition) is 3. The molecule has 192 valence electrons. The van der Waals surface area contributed by atoms with E-state index in [1.54, 1.807) is 15.9 Å². The molecule has 3 heterocycles. The van der Waals surface area contributed by atoms with Gasteiger partial charge in [-0.3, -0.25) is 9.80 Å². The number of amides is 2. The molecule has 0 bridgehead atoms. The molecule has 5 nitrogen and oxygen atoms in total. The van der Waals surface area contributed by atoms with Crippen molar-refractivity contribution in [3.8, 4) is 0 Å². The number of rotatable bonds is 3. The number of carbonyl (C=O) groups is 1. The van der Waals surface area contributed by atoms with Crippen LogP contribution < -0.4 is 36.3 Å². The monoisotopic (exact) mass is 556 g/mol. The zero-order valence-corrected chi connectivity index (χ0v) is 23.1. The highest BCUT2D eigenvalue weighted by atomic mass is 31.2. The largest absolute Gasteiger partial charge is 0.338 e. The molecule has 2 amide bonds. The molecule has 0 N–H and O–H groups in total. The molecule has 0 aromatic heterocycles. The second-order valence-corrected chi connectivity index (χ2v) is 15.6. The molecule has 0 fully saturated rings. The molecule has 0 spiro atoms. The van der Waals surface area contributed by atoms with Crippen LogP contribution in [0.3, 0.4) is 0 Å². The predicted octanol–water partition coefficient (Wildman–Crippen LogP) is 6.53. The van der Waals surface area contributed by atoms with Gasteiger partial charge in [-0.2, -0.15) is 0 Å². The normalized spacial score (nSPS) is 21.6. The van der Waals surface area contributed by atoms with Gasteiger partial charge < -0.3 is 9.13 Å². The third-order valence-electron chi connectivity index (χ3n) is 8.28. The third kappa shape index (κ3) is 2.58. The summed E-state index contributed by atoms with van der Waals surface area (Å²) in [6.45, 7) is 8.03. The van der Waals surface area contributed by atoms with Crippen LogP contribution in [0.25, 0.3) is 10.8 Å². The lowest BCUT2D eigenvalue weighted by atomic mass is 10.0. The zero-order chi connectivity index (χ0) is 27.4. The Hall–Kier alpha value is -4.43. The minimum atomic E-state index is -3.41. The van der Waals surface area contributed by atoms with Crippen molar-refractivity contribution in [2.75, 3.05) is 9.80 Å². The van der Waals surface area contributed by atoms with Gasteiger partial charge in [-0.25, -0.2) is 4.79 Å². The molecule has 0 aliphatic carbocycles. The molecule has 7 heteroatoms. The van der Waals surface area contributed by atoms with Crippen molar-refractivity contribution in [1.82, 2.24) is 0 Å². The summed E-state index contributed by atoms with van der Waals surface area (Å²) in [5.41, 5.74) is 2.32. The Bertz CT molecular complexity index is 2100. The number of allylic oxidation sites excluding steroid dienone is 2. The molecule has 2 atom stereocenters. The van der Waals surface area contributed by atoms with Gasteiger partial charge in [0, 0.05) is 37.2 Å². The maximum absolute atomic E-state index is 15.4. The van der Waals surface area contributed by atoms with E-state index < -0.39 is 14.3 Å². The molecule has 3 aliphatic rings. The van der Waals surface area contributed by atoms with Gasteiger partial charge in [0.2, 0.25) is 0 Å². The van der Waals surface area contributed by atoms with E-state index in [2.05, 4.69) is 13.2 Å². The molecule has 0 unspecified atom stereocenters. The van der Waals surface area contributed by atoms with Gasteiger partial charge in [0.25, 0.3) is 0 Å². The molecule has 3 aliphatic heterocycles. The van der Waals surface area contributed by atoms with Crippen molar-refractivity contribution in [1.29, 1.82) is 0 Å². The van der Waals surface area contributed by atoms with E-state index in [-0.39, 0.29) is 6.03 Å². The fourth-order valence-corrected chi connectivity index (χ4v) is 12.2. The summed E-state index contributed by atoms with van der Waals surface area (Å²) in [5, 5.41) is 5.06. The Balaban J connectivity index is 1.60. The van der Waals surface area contributed by atoms with Crippen LogP contribution in [0.15, 0.2) is 128 Å². The van der Waals surface area contributed by atoms with E-state index in [0.717, 1.165) is 10.8 Å². The number of para-hydroxylation sites is 2. The molecule has 40 heavy (non-hydrogen) atoms. The van der Waals surface area contributed by atoms with E-state index in [0.29, 0.717) is 54.6 Å². The third-order valence-corrected chi connectivity index (χ3v) is 14.5. The Morgan fingerprint density at radius 3 is 1.88 bits per heavy atom. The summed E-state index contributed by atoms with van der Waals surface area (Å²) in [4.78, 5) is 18.1. The molecule has 5 aromatic carbocycles. The van der Waals surface area contributed by atoms with Crippen LogP contribution in [0.5, 0.6) is 0 Å². The molecular weight excluding hydrogens is 534 g/mol. The molecule has 0 saturated carbocycles. The van der Waals surface area contributed by atoms with Crippen LogP contribution in [-0.4, -0.2) is 6.03 Å². The Morgan fingerprint density at radius 2 is 1.20 bits per heavy atom. The molecule has 5 aromatic rings. The minimum Gasteiger partial charge on any atom is -0.308 e. The topological polar surface area (TPSA) is 57.7 Å². The SMILES string of the molecule is C=CC(=C)[P@@]1(=O)c2ccccc2N2C(=O)N3c4ccccc4[P@](=O)(c4ccccc4)c4ccc5ccc1c2c5c43. The van der Waals surface area contributed by atoms with E-state index in [9.17, 15) is 4.79 Å². The fraction of sp³-hybridized carbons (Fsp3) is 0. The Labute approximate surface area is 231 Å². The number of urea groups is 1. The first-order chi connectivity index (χ1) is 19.4. The van der Waals surface area contributed by atoms with Crippen molar-refractivity contribution >= 4 is 80.4 Å². The van der Waals surface area contributed by atoms with Crippen LogP contribution in [0, 0.1) is 0 Å². The van der Waals surface area contributed by atoms with Gasteiger partial charge in [-0.05, 0) is 41.8 Å². The Morgan fingerprint density at radius 1 is 0.650 bits per heavy atom. The molecule has 0 radical (unpaired) electrons. The lowest BCUT2D eigenvalue weighted by Gasteiger charge is -2.46. The van der Waals surface area contributed by atoms with E-state index in [4.69, 9.17) is 0 Å². The zero-order valence-electron chi connectivity index (χ0n) is 21.3. The smallest absolute Gasteiger partial charge is 0.308 e. The molecule has 8 rings (SSSR count). The first kappa shape index (κ1) is 23.5. The number of benzene rings is 5. The number of fused-ring (bicyclic) bond motifs is 4. The Kier molecular flexibility index (Phi) is 4.59. The van der Waals surface area contributed by atoms with Gasteiger partial charge in [0.05, 0.1) is 22.7 Å². The summed E-state index contributed by atoms with van der Waals surface area (Å²) in [6.07, 6.45) is 1.54. The van der Waals surface area contributed by atoms with E-state index >= 15 is 9.13 Å². The van der Waals surface area contributed by atoms with Crippen molar-refractivity contribution < 1.29 is 13.9 Å². The minimum absolute atomic E-state index is 0.302. The predicted molar refractivity (Wildman–Crippen MR) is 166 cm³/mol. The quantitative estimate of drug-likeness (QED) is 0.188. The van der Waals surface area contributed by atoms with E-state index in [1.165, 1.54) is 0 Å². The number of hydrogen-bond donors (Lipinski definition) is 0. The average molecular weight is 556 g/mol. The average Bonchev–Trinajstić information content (AvgIpc) is 3.00. The standard InChI is InChI=1S/C33H22N2O3P2/c1-3-21(2)39(37)26-15-9-7-13-24(26)34-31-28(39)19-17-22-18-20-29-32(30(22)31)35(33(34)36)25-14-8-10-16-27(25)40(29,38)23-11-5-4-6-12-23/h3-20H,1-2H2/t39-,40-/m1/s1. The fourth-order valence-electron chi connectivity index (χ4n) is 6.51. The second kappa shape index (κ2) is 7.82. The van der Waals surface area contributed by atoms with Gasteiger partial charge >= 0.3 is 6.03 Å². The summed E-state index contributed by atoms with van der Waals surface area (Å²) in [7, 11) is -6.78. The van der Waals surface area contributed by atoms with Gasteiger partial charge in [0.1, 0.15) is 0 Å². The first-order valence-electron chi connectivity index (χ1n) is 12.9. The van der Waals surface area contributed by atoms with Crippen molar-refractivity contribution in [2.45, 2.75) is 0 Å². The van der Waals surface area contributed by atoms with Crippen molar-refractivity contribution in [2.24, 2.45) is 0 Å². The van der Waals surface area contributed by atoms with Crippen molar-refractivity contribution in [3.63, 3.8) is 0 Å². The summed E-state index contributed by atoms with van der Waals surface area (Å²) >= 11 is 0. The van der Waals surface area contributed by atoms with Crippen molar-refractivity contribution in [3.05, 3.63) is 128 Å². The highest BCUT2D eigenvalue weighted by Gasteiger charge is 2.51. The van der Waals surface area contributed by atoms with Gasteiger partial charge in [0.15, 0.2) is 14.3 Å². The summed E-state index contributed by atoms with van der Waals surface area (Å²) in [5.74, 6) is 0. The molecule has 0 saturated heterocycles. The summed E-state index contributed by atoms with van der Waals surface area (Å²) in [6, 6.07) is 31.6. The van der Waals surface area contributed by atoms with Crippen LogP contribution in [0.4, 0.5) is 27.5 Å². The van der Waals surface area contributed by atoms with Crippen LogP contribution in [0.1, 0.15) is 0 Å². The number of anilines is 4. The first-order valence-corrected chi connectivity index (χ1v) is 16.4. The van der Waals surface area contributed by atoms with Crippen LogP contribution >= 0.6 is 14.3 Å². The number of nitrogens with zero attached hydrogens (tertiary/aromatic N) is 2. The highest BCUT2D eigenvalue weighted by Crippen LogP contribution is 2.63. The van der Waals surface area contributed by atoms with Gasteiger partial charge in [-0.15, -0.1) is 0 Å². The number of carbonyl (C=O) groups excluding carboxylic acids is 1. The maximum atomic E-state index is 15.4. The lowest BCUT2D eigenvalue weighted by Crippen LogP contribution is -2.52. The summed E-state index contributed by atoms with van der Waals surface area (Å²) < 4.78 is 30.5. The second-order valence-electron chi connectivity index (χ2n) is 10.1. The van der Waals surface area contributed by atoms with Crippen LogP contribution in [-0.2, 0) is 9.13 Å². The van der Waals surface area contributed by atoms with Crippen LogP contribution in [0.2, 0.25) is 0 Å². The van der Waals surface area contributed by atoms with Gasteiger partial charge in [-0.1, -0.05) is 86.0 Å². The lowest BCUT2D eigenvalue weighted by molar-refractivity contribution is 0.255. The van der Waals surface area contributed by atoms with E-state index in [1.807, 2.05) is 103 Å². The molecular formula is C33H22N2O3P2.